The van der Waals surface area contributed by atoms with Gasteiger partial charge in [0.2, 0.25) is 5.78 Å². The van der Waals surface area contributed by atoms with Gasteiger partial charge in [-0.3, -0.25) is 4.79 Å². The fourth-order valence-corrected chi connectivity index (χ4v) is 3.23. The minimum absolute atomic E-state index is 0.0909. The van der Waals surface area contributed by atoms with Crippen LogP contribution in [0.2, 0.25) is 0 Å². The smallest absolute Gasteiger partial charge is 0.205 e. The van der Waals surface area contributed by atoms with Crippen molar-refractivity contribution in [1.82, 2.24) is 0 Å². The summed E-state index contributed by atoms with van der Waals surface area (Å²) in [5.74, 6) is -0.789. The van der Waals surface area contributed by atoms with Crippen LogP contribution in [0.25, 0.3) is 0 Å². The number of carbonyl (C=O) groups is 1. The van der Waals surface area contributed by atoms with Crippen molar-refractivity contribution in [2.24, 2.45) is 0 Å². The Morgan fingerprint density at radius 2 is 2.00 bits per heavy atom. The molecule has 1 nitrogen and oxygen atoms in total. The van der Waals surface area contributed by atoms with Crippen LogP contribution in [0.5, 0.6) is 0 Å². The molecule has 88 valence electrons. The average Bonchev–Trinajstić information content (AvgIpc) is 2.62. The summed E-state index contributed by atoms with van der Waals surface area (Å²) in [6.07, 6.45) is 0. The standard InChI is InChI=1S/C12H7Br2FOS/c1-6-9(14)5-11(17-6)12(16)8-4-7(13)2-3-10(8)15/h2-5H,1H3. The number of thiophene rings is 1. The van der Waals surface area contributed by atoms with E-state index in [1.54, 1.807) is 12.1 Å². The molecule has 0 bridgehead atoms. The number of ketones is 1. The molecule has 17 heavy (non-hydrogen) atoms. The first-order chi connectivity index (χ1) is 7.99. The van der Waals surface area contributed by atoms with E-state index in [1.165, 1.54) is 23.5 Å². The Hall–Kier alpha value is -0.520. The molecule has 0 saturated heterocycles. The molecule has 0 aliphatic carbocycles. The Morgan fingerprint density at radius 1 is 1.29 bits per heavy atom. The van der Waals surface area contributed by atoms with Crippen LogP contribution in [0.1, 0.15) is 20.1 Å². The van der Waals surface area contributed by atoms with E-state index in [-0.39, 0.29) is 11.3 Å². The molecule has 0 saturated carbocycles. The second-order valence-electron chi connectivity index (χ2n) is 3.47. The van der Waals surface area contributed by atoms with Crippen molar-refractivity contribution in [3.8, 4) is 0 Å². The van der Waals surface area contributed by atoms with Crippen LogP contribution < -0.4 is 0 Å². The lowest BCUT2D eigenvalue weighted by Gasteiger charge is -2.00. The number of hydrogen-bond donors (Lipinski definition) is 0. The molecule has 2 aromatic rings. The molecule has 0 fully saturated rings. The van der Waals surface area contributed by atoms with Gasteiger partial charge in [-0.15, -0.1) is 11.3 Å². The van der Waals surface area contributed by atoms with Crippen LogP contribution in [0.15, 0.2) is 33.2 Å². The molecule has 1 aromatic carbocycles. The minimum atomic E-state index is -0.500. The monoisotopic (exact) mass is 376 g/mol. The van der Waals surface area contributed by atoms with Gasteiger partial charge in [0, 0.05) is 13.8 Å². The quantitative estimate of drug-likeness (QED) is 0.676. The Bertz CT molecular complexity index is 573. The molecule has 1 heterocycles. The largest absolute Gasteiger partial charge is 0.288 e. The van der Waals surface area contributed by atoms with Crippen LogP contribution in [0.4, 0.5) is 4.39 Å². The van der Waals surface area contributed by atoms with Gasteiger partial charge in [-0.05, 0) is 47.1 Å². The topological polar surface area (TPSA) is 17.1 Å². The highest BCUT2D eigenvalue weighted by Crippen LogP contribution is 2.29. The third-order valence-corrected chi connectivity index (χ3v) is 4.88. The number of halogens is 3. The average molecular weight is 378 g/mol. The second kappa shape index (κ2) is 5.00. The third-order valence-electron chi connectivity index (χ3n) is 2.25. The molecule has 5 heteroatoms. The van der Waals surface area contributed by atoms with E-state index in [4.69, 9.17) is 0 Å². The third kappa shape index (κ3) is 2.67. The van der Waals surface area contributed by atoms with Gasteiger partial charge in [-0.25, -0.2) is 4.39 Å². The van der Waals surface area contributed by atoms with Gasteiger partial charge >= 0.3 is 0 Å². The fourth-order valence-electron chi connectivity index (χ4n) is 1.38. The molecular formula is C12H7Br2FOS. The van der Waals surface area contributed by atoms with E-state index in [2.05, 4.69) is 31.9 Å². The zero-order valence-electron chi connectivity index (χ0n) is 8.76. The van der Waals surface area contributed by atoms with E-state index in [0.717, 1.165) is 9.35 Å². The van der Waals surface area contributed by atoms with Crippen molar-refractivity contribution >= 4 is 49.0 Å². The summed E-state index contributed by atoms with van der Waals surface area (Å²) >= 11 is 7.93. The Labute approximate surface area is 119 Å². The Morgan fingerprint density at radius 3 is 2.59 bits per heavy atom. The Kier molecular flexibility index (Phi) is 3.80. The number of carbonyl (C=O) groups excluding carboxylic acids is 1. The zero-order chi connectivity index (χ0) is 12.6. The number of aryl methyl sites for hydroxylation is 1. The van der Waals surface area contributed by atoms with Crippen LogP contribution in [0, 0.1) is 12.7 Å². The molecule has 0 radical (unpaired) electrons. The fraction of sp³-hybridized carbons (Fsp3) is 0.0833. The summed E-state index contributed by atoms with van der Waals surface area (Å²) < 4.78 is 15.1. The maximum absolute atomic E-state index is 13.6. The number of hydrogen-bond acceptors (Lipinski definition) is 2. The predicted octanol–water partition coefficient (Wildman–Crippen LogP) is 4.95. The Balaban J connectivity index is 2.47. The van der Waals surface area contributed by atoms with E-state index in [0.29, 0.717) is 9.35 Å². The van der Waals surface area contributed by atoms with Crippen LogP contribution in [0.3, 0.4) is 0 Å². The molecule has 0 N–H and O–H groups in total. The van der Waals surface area contributed by atoms with E-state index in [1.807, 2.05) is 6.92 Å². The molecule has 0 amide bonds. The highest BCUT2D eigenvalue weighted by atomic mass is 79.9. The number of benzene rings is 1. The summed E-state index contributed by atoms with van der Waals surface area (Å²) in [5.41, 5.74) is 0.0909. The SMILES string of the molecule is Cc1sc(C(=O)c2cc(Br)ccc2F)cc1Br. The van der Waals surface area contributed by atoms with Crippen molar-refractivity contribution in [1.29, 1.82) is 0 Å². The lowest BCUT2D eigenvalue weighted by atomic mass is 10.1. The summed E-state index contributed by atoms with van der Waals surface area (Å²) in [6.45, 7) is 1.91. The van der Waals surface area contributed by atoms with Gasteiger partial charge in [-0.2, -0.15) is 0 Å². The van der Waals surface area contributed by atoms with Gasteiger partial charge in [0.15, 0.2) is 0 Å². The van der Waals surface area contributed by atoms with E-state index in [9.17, 15) is 9.18 Å². The lowest BCUT2D eigenvalue weighted by molar-refractivity contribution is 0.103. The predicted molar refractivity (Wildman–Crippen MR) is 74.3 cm³/mol. The highest BCUT2D eigenvalue weighted by molar-refractivity contribution is 9.10. The first-order valence-corrected chi connectivity index (χ1v) is 7.15. The first kappa shape index (κ1) is 12.9. The number of rotatable bonds is 2. The van der Waals surface area contributed by atoms with E-state index >= 15 is 0 Å². The second-order valence-corrected chi connectivity index (χ2v) is 6.49. The van der Waals surface area contributed by atoms with Crippen LogP contribution >= 0.6 is 43.2 Å². The minimum Gasteiger partial charge on any atom is -0.288 e. The van der Waals surface area contributed by atoms with Crippen molar-refractivity contribution in [2.45, 2.75) is 6.92 Å². The summed E-state index contributed by atoms with van der Waals surface area (Å²) in [7, 11) is 0. The van der Waals surface area contributed by atoms with Gasteiger partial charge in [0.1, 0.15) is 5.82 Å². The van der Waals surface area contributed by atoms with Crippen LogP contribution in [-0.2, 0) is 0 Å². The molecule has 2 rings (SSSR count). The van der Waals surface area contributed by atoms with Gasteiger partial charge < -0.3 is 0 Å². The molecule has 0 atom stereocenters. The first-order valence-electron chi connectivity index (χ1n) is 4.74. The maximum atomic E-state index is 13.6. The van der Waals surface area contributed by atoms with E-state index < -0.39 is 5.82 Å². The van der Waals surface area contributed by atoms with Gasteiger partial charge in [0.05, 0.1) is 10.4 Å². The van der Waals surface area contributed by atoms with Gasteiger partial charge in [0.25, 0.3) is 0 Å². The molecule has 0 aliphatic rings. The summed E-state index contributed by atoms with van der Waals surface area (Å²) in [6, 6.07) is 6.08. The van der Waals surface area contributed by atoms with Crippen molar-refractivity contribution < 1.29 is 9.18 Å². The van der Waals surface area contributed by atoms with Gasteiger partial charge in [-0.1, -0.05) is 15.9 Å². The molecule has 0 unspecified atom stereocenters. The highest BCUT2D eigenvalue weighted by Gasteiger charge is 2.17. The summed E-state index contributed by atoms with van der Waals surface area (Å²) in [5, 5.41) is 0. The maximum Gasteiger partial charge on any atom is 0.205 e. The molecule has 1 aromatic heterocycles. The molecule has 0 aliphatic heterocycles. The lowest BCUT2D eigenvalue weighted by Crippen LogP contribution is -2.01. The van der Waals surface area contributed by atoms with Crippen molar-refractivity contribution in [3.63, 3.8) is 0 Å². The van der Waals surface area contributed by atoms with Crippen LogP contribution in [-0.4, -0.2) is 5.78 Å². The molecule has 0 spiro atoms. The van der Waals surface area contributed by atoms with Crippen molar-refractivity contribution in [2.75, 3.05) is 0 Å². The summed E-state index contributed by atoms with van der Waals surface area (Å²) in [4.78, 5) is 13.7. The normalized spacial score (nSPS) is 10.6. The zero-order valence-corrected chi connectivity index (χ0v) is 12.7. The molecular weight excluding hydrogens is 371 g/mol. The van der Waals surface area contributed by atoms with Crippen molar-refractivity contribution in [3.05, 3.63) is 54.3 Å².